The molecule has 1 aromatic carbocycles. The second-order valence-corrected chi connectivity index (χ2v) is 6.24. The smallest absolute Gasteiger partial charge is 0.138 e. The Morgan fingerprint density at radius 3 is 2.67 bits per heavy atom. The van der Waals surface area contributed by atoms with E-state index >= 15 is 0 Å². The van der Waals surface area contributed by atoms with Crippen LogP contribution >= 0.6 is 0 Å². The van der Waals surface area contributed by atoms with E-state index in [4.69, 9.17) is 0 Å². The van der Waals surface area contributed by atoms with Crippen LogP contribution in [-0.2, 0) is 19.4 Å². The van der Waals surface area contributed by atoms with Gasteiger partial charge in [-0.3, -0.25) is 0 Å². The summed E-state index contributed by atoms with van der Waals surface area (Å²) in [4.78, 5) is 4.28. The number of nitrogens with zero attached hydrogens (tertiary/aromatic N) is 3. The van der Waals surface area contributed by atoms with Crippen LogP contribution in [0.2, 0.25) is 0 Å². The Kier molecular flexibility index (Phi) is 5.12. The van der Waals surface area contributed by atoms with Gasteiger partial charge in [0.2, 0.25) is 0 Å². The molecule has 114 valence electrons. The van der Waals surface area contributed by atoms with Crippen LogP contribution in [-0.4, -0.2) is 26.0 Å². The van der Waals surface area contributed by atoms with E-state index in [9.17, 15) is 5.11 Å². The molecule has 0 aliphatic rings. The Morgan fingerprint density at radius 2 is 1.95 bits per heavy atom. The van der Waals surface area contributed by atoms with Gasteiger partial charge in [0.1, 0.15) is 12.2 Å². The van der Waals surface area contributed by atoms with E-state index in [0.717, 1.165) is 12.4 Å². The van der Waals surface area contributed by atoms with Gasteiger partial charge in [-0.25, -0.2) is 9.67 Å². The van der Waals surface area contributed by atoms with Gasteiger partial charge in [-0.15, -0.1) is 0 Å². The lowest BCUT2D eigenvalue weighted by Crippen LogP contribution is -2.19. The van der Waals surface area contributed by atoms with E-state index in [-0.39, 0.29) is 0 Å². The molecular formula is C17H25N3O. The molecule has 4 nitrogen and oxygen atoms in total. The van der Waals surface area contributed by atoms with Gasteiger partial charge in [0.25, 0.3) is 0 Å². The molecule has 0 aliphatic heterocycles. The average molecular weight is 287 g/mol. The van der Waals surface area contributed by atoms with Crippen molar-refractivity contribution in [2.75, 3.05) is 0 Å². The minimum absolute atomic E-state index is 0.430. The molecule has 1 atom stereocenters. The molecule has 0 saturated carbocycles. The molecule has 0 fully saturated rings. The Balaban J connectivity index is 2.03. The van der Waals surface area contributed by atoms with E-state index in [1.165, 1.54) is 16.7 Å². The molecule has 2 aromatic rings. The van der Waals surface area contributed by atoms with Crippen LogP contribution in [0.25, 0.3) is 0 Å². The predicted octanol–water partition coefficient (Wildman–Crippen LogP) is 2.70. The fourth-order valence-corrected chi connectivity index (χ4v) is 2.50. The van der Waals surface area contributed by atoms with Crippen molar-refractivity contribution >= 4 is 0 Å². The molecule has 2 rings (SSSR count). The first kappa shape index (κ1) is 15.7. The summed E-state index contributed by atoms with van der Waals surface area (Å²) in [6.07, 6.45) is 2.34. The molecule has 0 saturated heterocycles. The molecule has 0 radical (unpaired) electrons. The van der Waals surface area contributed by atoms with Gasteiger partial charge >= 0.3 is 0 Å². The topological polar surface area (TPSA) is 50.9 Å². The second kappa shape index (κ2) is 6.85. The van der Waals surface area contributed by atoms with Crippen LogP contribution in [0.4, 0.5) is 0 Å². The second-order valence-electron chi connectivity index (χ2n) is 6.24. The monoisotopic (exact) mass is 287 g/mol. The van der Waals surface area contributed by atoms with Crippen LogP contribution in [0.1, 0.15) is 36.4 Å². The van der Waals surface area contributed by atoms with Crippen LogP contribution in [0.3, 0.4) is 0 Å². The summed E-state index contributed by atoms with van der Waals surface area (Å²) in [7, 11) is 0. The maximum absolute atomic E-state index is 10.4. The standard InChI is InChI=1S/C17H25N3O/c1-12(2)10-20-17(18-11-19-20)9-16(21)8-15-7-13(3)5-6-14(15)4/h5-7,11-12,16,21H,8-10H2,1-4H3. The summed E-state index contributed by atoms with van der Waals surface area (Å²) >= 11 is 0. The largest absolute Gasteiger partial charge is 0.392 e. The Labute approximate surface area is 126 Å². The molecule has 0 amide bonds. The van der Waals surface area contributed by atoms with Gasteiger partial charge < -0.3 is 5.11 Å². The number of hydrogen-bond acceptors (Lipinski definition) is 3. The fraction of sp³-hybridized carbons (Fsp3) is 0.529. The van der Waals surface area contributed by atoms with Crippen molar-refractivity contribution in [3.8, 4) is 0 Å². The molecule has 0 bridgehead atoms. The number of rotatable bonds is 6. The maximum atomic E-state index is 10.4. The highest BCUT2D eigenvalue weighted by molar-refractivity contribution is 5.31. The normalized spacial score (nSPS) is 12.9. The highest BCUT2D eigenvalue weighted by Gasteiger charge is 2.14. The number of aliphatic hydroxyl groups is 1. The maximum Gasteiger partial charge on any atom is 0.138 e. The van der Waals surface area contributed by atoms with Crippen LogP contribution in [0, 0.1) is 19.8 Å². The van der Waals surface area contributed by atoms with Crippen molar-refractivity contribution in [3.63, 3.8) is 0 Å². The number of benzene rings is 1. The van der Waals surface area contributed by atoms with E-state index in [0.29, 0.717) is 18.8 Å². The Bertz CT molecular complexity index is 589. The number of aliphatic hydroxyl groups excluding tert-OH is 1. The van der Waals surface area contributed by atoms with Crippen molar-refractivity contribution < 1.29 is 5.11 Å². The molecule has 21 heavy (non-hydrogen) atoms. The van der Waals surface area contributed by atoms with Crippen LogP contribution < -0.4 is 0 Å². The van der Waals surface area contributed by atoms with Gasteiger partial charge in [0.15, 0.2) is 0 Å². The third-order valence-electron chi connectivity index (χ3n) is 3.61. The predicted molar refractivity (Wildman–Crippen MR) is 84.2 cm³/mol. The van der Waals surface area contributed by atoms with Gasteiger partial charge in [-0.1, -0.05) is 37.6 Å². The molecular weight excluding hydrogens is 262 g/mol. The lowest BCUT2D eigenvalue weighted by atomic mass is 9.99. The number of aryl methyl sites for hydroxylation is 2. The Hall–Kier alpha value is -1.68. The van der Waals surface area contributed by atoms with Gasteiger partial charge in [0, 0.05) is 13.0 Å². The fourth-order valence-electron chi connectivity index (χ4n) is 2.50. The quantitative estimate of drug-likeness (QED) is 0.888. The van der Waals surface area contributed by atoms with Crippen molar-refractivity contribution in [3.05, 3.63) is 47.0 Å². The number of hydrogen-bond donors (Lipinski definition) is 1. The molecule has 1 N–H and O–H groups in total. The summed E-state index contributed by atoms with van der Waals surface area (Å²) in [6, 6.07) is 6.36. The van der Waals surface area contributed by atoms with Crippen LogP contribution in [0.5, 0.6) is 0 Å². The molecule has 1 unspecified atom stereocenters. The highest BCUT2D eigenvalue weighted by Crippen LogP contribution is 2.14. The lowest BCUT2D eigenvalue weighted by molar-refractivity contribution is 0.170. The zero-order valence-electron chi connectivity index (χ0n) is 13.4. The summed E-state index contributed by atoms with van der Waals surface area (Å²) in [5, 5.41) is 14.6. The first-order valence-electron chi connectivity index (χ1n) is 7.56. The SMILES string of the molecule is Cc1ccc(C)c(CC(O)Cc2ncnn2CC(C)C)c1. The first-order chi connectivity index (χ1) is 9.95. The van der Waals surface area contributed by atoms with E-state index < -0.39 is 6.10 Å². The summed E-state index contributed by atoms with van der Waals surface area (Å²) in [5.74, 6) is 1.38. The zero-order valence-corrected chi connectivity index (χ0v) is 13.4. The lowest BCUT2D eigenvalue weighted by Gasteiger charge is -2.14. The van der Waals surface area contributed by atoms with Crippen molar-refractivity contribution in [2.24, 2.45) is 5.92 Å². The molecule has 1 heterocycles. The minimum atomic E-state index is -0.430. The Morgan fingerprint density at radius 1 is 1.19 bits per heavy atom. The average Bonchev–Trinajstić information content (AvgIpc) is 2.80. The van der Waals surface area contributed by atoms with Gasteiger partial charge in [-0.05, 0) is 37.3 Å². The van der Waals surface area contributed by atoms with Crippen molar-refractivity contribution in [1.82, 2.24) is 14.8 Å². The zero-order chi connectivity index (χ0) is 15.4. The molecule has 4 heteroatoms. The molecule has 0 aliphatic carbocycles. The van der Waals surface area contributed by atoms with Gasteiger partial charge in [0.05, 0.1) is 6.10 Å². The van der Waals surface area contributed by atoms with Gasteiger partial charge in [-0.2, -0.15) is 5.10 Å². The summed E-state index contributed by atoms with van der Waals surface area (Å²) < 4.78 is 1.90. The van der Waals surface area contributed by atoms with Crippen LogP contribution in [0.15, 0.2) is 24.5 Å². The number of aromatic nitrogens is 3. The summed E-state index contributed by atoms with van der Waals surface area (Å²) in [5.41, 5.74) is 3.66. The highest BCUT2D eigenvalue weighted by atomic mass is 16.3. The molecule has 1 aromatic heterocycles. The minimum Gasteiger partial charge on any atom is -0.392 e. The van der Waals surface area contributed by atoms with E-state index in [2.05, 4.69) is 56.0 Å². The van der Waals surface area contributed by atoms with Crippen molar-refractivity contribution in [1.29, 1.82) is 0 Å². The van der Waals surface area contributed by atoms with E-state index in [1.54, 1.807) is 6.33 Å². The molecule has 0 spiro atoms. The third kappa shape index (κ3) is 4.39. The third-order valence-corrected chi connectivity index (χ3v) is 3.61. The summed E-state index contributed by atoms with van der Waals surface area (Å²) in [6.45, 7) is 9.30. The van der Waals surface area contributed by atoms with Crippen molar-refractivity contribution in [2.45, 2.75) is 53.2 Å². The van der Waals surface area contributed by atoms with E-state index in [1.807, 2.05) is 4.68 Å². The first-order valence-corrected chi connectivity index (χ1v) is 7.56.